The number of allylic oxidation sites excluding steroid dienone is 2. The van der Waals surface area contributed by atoms with E-state index in [0.717, 1.165) is 11.6 Å². The number of carbonyl (C=O) groups excluding carboxylic acids is 1. The third-order valence-electron chi connectivity index (χ3n) is 8.05. The second-order valence-electron chi connectivity index (χ2n) is 10.9. The van der Waals surface area contributed by atoms with Gasteiger partial charge in [0.05, 0.1) is 5.56 Å². The van der Waals surface area contributed by atoms with Crippen LogP contribution in [0.3, 0.4) is 0 Å². The summed E-state index contributed by atoms with van der Waals surface area (Å²) in [5, 5.41) is 74.3. The number of benzene rings is 4. The molecule has 0 amide bonds. The fourth-order valence-electron chi connectivity index (χ4n) is 6.14. The number of Topliss-reactive ketones (excluding diaryl/α,β-unsaturated/α-hetero) is 1. The monoisotopic (exact) mass is 580 g/mol. The smallest absolute Gasteiger partial charge is 0.171 e. The highest BCUT2D eigenvalue weighted by molar-refractivity contribution is 6.02. The highest BCUT2D eigenvalue weighted by Crippen LogP contribution is 2.53. The number of ketones is 1. The number of furan rings is 1. The highest BCUT2D eigenvalue weighted by Gasteiger charge is 2.43. The molecule has 1 heterocycles. The van der Waals surface area contributed by atoms with Crippen LogP contribution in [-0.2, 0) is 0 Å². The van der Waals surface area contributed by atoms with Gasteiger partial charge in [0.15, 0.2) is 5.78 Å². The number of fused-ring (bicyclic) bond motifs is 1. The van der Waals surface area contributed by atoms with Crippen LogP contribution in [-0.4, -0.2) is 41.5 Å². The van der Waals surface area contributed by atoms with Crippen molar-refractivity contribution in [3.63, 3.8) is 0 Å². The van der Waals surface area contributed by atoms with Gasteiger partial charge >= 0.3 is 0 Å². The molecule has 0 spiro atoms. The molecule has 0 aliphatic heterocycles. The molecule has 6 rings (SSSR count). The summed E-state index contributed by atoms with van der Waals surface area (Å²) in [7, 11) is 0. The number of carbonyl (C=O) groups is 1. The van der Waals surface area contributed by atoms with Gasteiger partial charge in [0.2, 0.25) is 0 Å². The van der Waals surface area contributed by atoms with Crippen molar-refractivity contribution >= 4 is 16.8 Å². The van der Waals surface area contributed by atoms with Gasteiger partial charge in [-0.3, -0.25) is 4.79 Å². The van der Waals surface area contributed by atoms with E-state index in [2.05, 4.69) is 0 Å². The molecule has 5 aromatic rings. The van der Waals surface area contributed by atoms with Crippen LogP contribution in [0.25, 0.3) is 22.3 Å². The quantitative estimate of drug-likeness (QED) is 0.0876. The van der Waals surface area contributed by atoms with Gasteiger partial charge in [-0.1, -0.05) is 17.7 Å². The van der Waals surface area contributed by atoms with E-state index in [-0.39, 0.29) is 45.6 Å². The van der Waals surface area contributed by atoms with Crippen LogP contribution >= 0.6 is 0 Å². The summed E-state index contributed by atoms with van der Waals surface area (Å²) in [6.07, 6.45) is 2.10. The minimum absolute atomic E-state index is 0.0264. The Kier molecular flexibility index (Phi) is 6.65. The van der Waals surface area contributed by atoms with Gasteiger partial charge in [-0.25, -0.2) is 0 Å². The molecule has 9 nitrogen and oxygen atoms in total. The Balaban J connectivity index is 1.50. The van der Waals surface area contributed by atoms with Crippen LogP contribution in [0.4, 0.5) is 0 Å². The fourth-order valence-corrected chi connectivity index (χ4v) is 6.14. The van der Waals surface area contributed by atoms with Crippen molar-refractivity contribution in [2.45, 2.75) is 25.2 Å². The van der Waals surface area contributed by atoms with Gasteiger partial charge in [-0.05, 0) is 67.4 Å². The molecule has 1 aliphatic carbocycles. The SMILES string of the molecule is CC1=C[C@H](c2c(O)cc(-c3cc4ccc(O)cc4o3)cc2O)[C@@H](C(=O)c2ccc(O)cc2O)[C@@H](c2ccc(O)cc2O)C1. The largest absolute Gasteiger partial charge is 0.508 e. The van der Waals surface area contributed by atoms with Crippen molar-refractivity contribution in [1.82, 2.24) is 0 Å². The van der Waals surface area contributed by atoms with Crippen LogP contribution in [0, 0.1) is 5.92 Å². The van der Waals surface area contributed by atoms with Gasteiger partial charge in [0.25, 0.3) is 0 Å². The van der Waals surface area contributed by atoms with Crippen molar-refractivity contribution in [3.8, 4) is 51.6 Å². The van der Waals surface area contributed by atoms with Crippen molar-refractivity contribution < 1.29 is 45.0 Å². The summed E-state index contributed by atoms with van der Waals surface area (Å²) < 4.78 is 5.84. The predicted octanol–water partition coefficient (Wildman–Crippen LogP) is 6.76. The van der Waals surface area contributed by atoms with Crippen LogP contribution < -0.4 is 0 Å². The first-order valence-electron chi connectivity index (χ1n) is 13.5. The molecular weight excluding hydrogens is 552 g/mol. The van der Waals surface area contributed by atoms with E-state index in [1.807, 2.05) is 6.92 Å². The molecule has 0 saturated heterocycles. The predicted molar refractivity (Wildman–Crippen MR) is 158 cm³/mol. The first kappa shape index (κ1) is 27.6. The molecule has 9 heteroatoms. The maximum absolute atomic E-state index is 14.2. The third-order valence-corrected chi connectivity index (χ3v) is 8.05. The number of hydrogen-bond donors (Lipinski definition) is 7. The molecule has 43 heavy (non-hydrogen) atoms. The number of aromatic hydroxyl groups is 7. The summed E-state index contributed by atoms with van der Waals surface area (Å²) in [4.78, 5) is 14.2. The Hall–Kier alpha value is -5.57. The van der Waals surface area contributed by atoms with Crippen molar-refractivity contribution in [2.24, 2.45) is 5.92 Å². The molecule has 218 valence electrons. The van der Waals surface area contributed by atoms with E-state index in [4.69, 9.17) is 4.42 Å². The topological polar surface area (TPSA) is 172 Å². The van der Waals surface area contributed by atoms with Crippen molar-refractivity contribution in [1.29, 1.82) is 0 Å². The maximum Gasteiger partial charge on any atom is 0.171 e. The Morgan fingerprint density at radius 3 is 2.02 bits per heavy atom. The normalized spacial score (nSPS) is 18.4. The molecule has 1 aliphatic rings. The molecule has 0 unspecified atom stereocenters. The average Bonchev–Trinajstić information content (AvgIpc) is 3.35. The van der Waals surface area contributed by atoms with E-state index < -0.39 is 29.3 Å². The maximum atomic E-state index is 14.2. The zero-order valence-corrected chi connectivity index (χ0v) is 22.9. The van der Waals surface area contributed by atoms with E-state index in [0.29, 0.717) is 34.3 Å². The van der Waals surface area contributed by atoms with Gasteiger partial charge in [0, 0.05) is 52.5 Å². The summed E-state index contributed by atoms with van der Waals surface area (Å²) in [6.45, 7) is 1.84. The second-order valence-corrected chi connectivity index (χ2v) is 10.9. The lowest BCUT2D eigenvalue weighted by Crippen LogP contribution is -2.31. The number of hydrogen-bond acceptors (Lipinski definition) is 9. The van der Waals surface area contributed by atoms with Gasteiger partial charge < -0.3 is 40.2 Å². The van der Waals surface area contributed by atoms with Gasteiger partial charge in [0.1, 0.15) is 51.6 Å². The fraction of sp³-hybridized carbons (Fsp3) is 0.147. The average molecular weight is 581 g/mol. The van der Waals surface area contributed by atoms with Crippen molar-refractivity contribution in [3.05, 3.63) is 101 Å². The first-order chi connectivity index (χ1) is 20.5. The summed E-state index contributed by atoms with van der Waals surface area (Å²) in [5.74, 6) is -4.49. The van der Waals surface area contributed by atoms with Crippen LogP contribution in [0.1, 0.15) is 46.7 Å². The molecule has 0 bridgehead atoms. The molecular formula is C34H28O9. The molecule has 0 radical (unpaired) electrons. The lowest BCUT2D eigenvalue weighted by molar-refractivity contribution is 0.0876. The summed E-state index contributed by atoms with van der Waals surface area (Å²) in [6, 6.07) is 16.9. The molecule has 1 aromatic heterocycles. The van der Waals surface area contributed by atoms with Gasteiger partial charge in [-0.15, -0.1) is 0 Å². The van der Waals surface area contributed by atoms with E-state index in [1.54, 1.807) is 18.2 Å². The molecule has 3 atom stereocenters. The van der Waals surface area contributed by atoms with Crippen LogP contribution in [0.2, 0.25) is 0 Å². The van der Waals surface area contributed by atoms with E-state index in [1.165, 1.54) is 54.6 Å². The zero-order chi connectivity index (χ0) is 30.6. The highest BCUT2D eigenvalue weighted by atomic mass is 16.3. The van der Waals surface area contributed by atoms with E-state index in [9.17, 15) is 40.5 Å². The Morgan fingerprint density at radius 2 is 1.35 bits per heavy atom. The number of rotatable bonds is 5. The summed E-state index contributed by atoms with van der Waals surface area (Å²) in [5.41, 5.74) is 1.95. The zero-order valence-electron chi connectivity index (χ0n) is 22.9. The lowest BCUT2D eigenvalue weighted by Gasteiger charge is -2.37. The molecule has 0 saturated carbocycles. The van der Waals surface area contributed by atoms with Crippen LogP contribution in [0.15, 0.2) is 88.9 Å². The van der Waals surface area contributed by atoms with Gasteiger partial charge in [-0.2, -0.15) is 0 Å². The molecule has 0 fully saturated rings. The minimum atomic E-state index is -1.04. The first-order valence-corrected chi connectivity index (χ1v) is 13.5. The van der Waals surface area contributed by atoms with E-state index >= 15 is 0 Å². The molecule has 4 aromatic carbocycles. The second kappa shape index (κ2) is 10.4. The minimum Gasteiger partial charge on any atom is -0.508 e. The van der Waals surface area contributed by atoms with Crippen molar-refractivity contribution in [2.75, 3.05) is 0 Å². The number of phenols is 7. The third kappa shape index (κ3) is 4.95. The van der Waals surface area contributed by atoms with Crippen LogP contribution in [0.5, 0.6) is 40.2 Å². The Morgan fingerprint density at radius 1 is 0.721 bits per heavy atom. The Labute approximate surface area is 245 Å². The Bertz CT molecular complexity index is 1910. The standard InChI is InChI=1S/C34H28O9/c1-16-8-24(22-6-4-19(35)13-26(22)38)32(34(42)23-7-5-20(36)14-27(23)39)25(9-16)33-28(40)10-18(11-29(33)41)30-12-17-2-3-21(37)15-31(17)43-30/h2-7,9-15,24-25,32,35-41H,8H2,1H3/t24-,25+,32+/m1/s1. The lowest BCUT2D eigenvalue weighted by atomic mass is 9.65. The summed E-state index contributed by atoms with van der Waals surface area (Å²) >= 11 is 0. The molecule has 7 N–H and O–H groups in total. The number of phenolic OH excluding ortho intramolecular Hbond substituents is 7.